The summed E-state index contributed by atoms with van der Waals surface area (Å²) in [6.07, 6.45) is 4.85. The zero-order chi connectivity index (χ0) is 9.52. The molecule has 72 valence electrons. The van der Waals surface area contributed by atoms with Gasteiger partial charge in [-0.2, -0.15) is 0 Å². The smallest absolute Gasteiger partial charge is 0.0278 e. The third-order valence-corrected chi connectivity index (χ3v) is 3.18. The third kappa shape index (κ3) is 3.79. The van der Waals surface area contributed by atoms with Crippen molar-refractivity contribution in [3.05, 3.63) is 24.5 Å². The lowest BCUT2D eigenvalue weighted by Gasteiger charge is -2.12. The normalized spacial score (nSPS) is 12.8. The summed E-state index contributed by atoms with van der Waals surface area (Å²) in [5.41, 5.74) is 0. The van der Waals surface area contributed by atoms with Gasteiger partial charge in [0.15, 0.2) is 0 Å². The van der Waals surface area contributed by atoms with Crippen molar-refractivity contribution in [1.29, 1.82) is 0 Å². The van der Waals surface area contributed by atoms with Crippen LogP contribution in [0.1, 0.15) is 13.3 Å². The molecule has 0 aliphatic heterocycles. The van der Waals surface area contributed by atoms with Gasteiger partial charge in [-0.25, -0.2) is 0 Å². The van der Waals surface area contributed by atoms with Crippen molar-refractivity contribution in [2.75, 3.05) is 12.8 Å². The number of nitrogens with one attached hydrogen (secondary N) is 1. The van der Waals surface area contributed by atoms with E-state index in [0.29, 0.717) is 6.04 Å². The molecule has 0 saturated heterocycles. The van der Waals surface area contributed by atoms with Crippen molar-refractivity contribution in [1.82, 2.24) is 10.3 Å². The third-order valence-electron chi connectivity index (χ3n) is 2.00. The van der Waals surface area contributed by atoms with Crippen LogP contribution in [0, 0.1) is 0 Å². The molecule has 0 fully saturated rings. The first-order valence-corrected chi connectivity index (χ1v) is 5.55. The van der Waals surface area contributed by atoms with E-state index in [1.165, 1.54) is 11.3 Å². The van der Waals surface area contributed by atoms with Crippen LogP contribution in [0.4, 0.5) is 0 Å². The predicted octanol–water partition coefficient (Wildman–Crippen LogP) is 2.17. The molecule has 1 aromatic rings. The highest BCUT2D eigenvalue weighted by molar-refractivity contribution is 7.99. The van der Waals surface area contributed by atoms with Crippen molar-refractivity contribution < 1.29 is 0 Å². The van der Waals surface area contributed by atoms with Crippen molar-refractivity contribution in [3.8, 4) is 0 Å². The fraction of sp³-hybridized carbons (Fsp3) is 0.500. The van der Waals surface area contributed by atoms with E-state index in [1.807, 2.05) is 43.3 Å². The number of aromatic nitrogens is 1. The van der Waals surface area contributed by atoms with E-state index >= 15 is 0 Å². The van der Waals surface area contributed by atoms with Crippen molar-refractivity contribution in [3.63, 3.8) is 0 Å². The van der Waals surface area contributed by atoms with Crippen molar-refractivity contribution in [2.45, 2.75) is 24.3 Å². The molecule has 1 unspecified atom stereocenters. The van der Waals surface area contributed by atoms with E-state index in [0.717, 1.165) is 5.75 Å². The molecular formula is C10H16N2S. The van der Waals surface area contributed by atoms with Gasteiger partial charge in [0.25, 0.3) is 0 Å². The topological polar surface area (TPSA) is 24.9 Å². The van der Waals surface area contributed by atoms with Crippen LogP contribution < -0.4 is 5.32 Å². The number of rotatable bonds is 5. The molecule has 0 saturated carbocycles. The summed E-state index contributed by atoms with van der Waals surface area (Å²) >= 11 is 1.88. The quantitative estimate of drug-likeness (QED) is 0.731. The molecule has 1 aromatic heterocycles. The molecule has 0 aliphatic rings. The predicted molar refractivity (Wildman–Crippen MR) is 58.1 cm³/mol. The molecular weight excluding hydrogens is 180 g/mol. The second-order valence-corrected chi connectivity index (χ2v) is 3.98. The van der Waals surface area contributed by atoms with E-state index in [-0.39, 0.29) is 0 Å². The van der Waals surface area contributed by atoms with Crippen molar-refractivity contribution in [2.24, 2.45) is 0 Å². The van der Waals surface area contributed by atoms with E-state index in [1.54, 1.807) is 0 Å². The van der Waals surface area contributed by atoms with Crippen LogP contribution in [0.2, 0.25) is 0 Å². The lowest BCUT2D eigenvalue weighted by molar-refractivity contribution is 0.602. The highest BCUT2D eigenvalue weighted by atomic mass is 32.2. The SMILES string of the molecule is CCC(CSc1ccncc1)NC. The van der Waals surface area contributed by atoms with Gasteiger partial charge in [0.1, 0.15) is 0 Å². The average molecular weight is 196 g/mol. The Bertz CT molecular complexity index is 222. The fourth-order valence-electron chi connectivity index (χ4n) is 1.04. The van der Waals surface area contributed by atoms with Crippen LogP contribution in [0.5, 0.6) is 0 Å². The number of hydrogen-bond donors (Lipinski definition) is 1. The highest BCUT2D eigenvalue weighted by Crippen LogP contribution is 2.17. The van der Waals surface area contributed by atoms with Gasteiger partial charge in [-0.3, -0.25) is 4.98 Å². The van der Waals surface area contributed by atoms with Gasteiger partial charge in [-0.15, -0.1) is 11.8 Å². The second kappa shape index (κ2) is 6.00. The maximum atomic E-state index is 3.98. The van der Waals surface area contributed by atoms with Gasteiger partial charge in [0.05, 0.1) is 0 Å². The van der Waals surface area contributed by atoms with Gasteiger partial charge in [0, 0.05) is 29.1 Å². The first-order valence-electron chi connectivity index (χ1n) is 4.57. The Hall–Kier alpha value is -0.540. The van der Waals surface area contributed by atoms with Crippen LogP contribution in [0.25, 0.3) is 0 Å². The summed E-state index contributed by atoms with van der Waals surface area (Å²) in [4.78, 5) is 5.28. The van der Waals surface area contributed by atoms with Gasteiger partial charge in [-0.1, -0.05) is 6.92 Å². The Morgan fingerprint density at radius 1 is 1.46 bits per heavy atom. The molecule has 1 rings (SSSR count). The Morgan fingerprint density at radius 2 is 2.15 bits per heavy atom. The van der Waals surface area contributed by atoms with E-state index < -0.39 is 0 Å². The van der Waals surface area contributed by atoms with Gasteiger partial charge in [-0.05, 0) is 25.6 Å². The van der Waals surface area contributed by atoms with Gasteiger partial charge in [0.2, 0.25) is 0 Å². The molecule has 13 heavy (non-hydrogen) atoms. The molecule has 3 heteroatoms. The molecule has 0 aromatic carbocycles. The summed E-state index contributed by atoms with van der Waals surface area (Å²) in [6.45, 7) is 2.20. The second-order valence-electron chi connectivity index (χ2n) is 2.89. The van der Waals surface area contributed by atoms with Crippen LogP contribution in [0.15, 0.2) is 29.4 Å². The molecule has 0 aliphatic carbocycles. The van der Waals surface area contributed by atoms with Crippen LogP contribution in [-0.2, 0) is 0 Å². The van der Waals surface area contributed by atoms with E-state index in [2.05, 4.69) is 17.2 Å². The molecule has 0 amide bonds. The Morgan fingerprint density at radius 3 is 2.69 bits per heavy atom. The number of hydrogen-bond acceptors (Lipinski definition) is 3. The number of thioether (sulfide) groups is 1. The van der Waals surface area contributed by atoms with Crippen molar-refractivity contribution >= 4 is 11.8 Å². The minimum Gasteiger partial charge on any atom is -0.316 e. The van der Waals surface area contributed by atoms with Crippen LogP contribution in [-0.4, -0.2) is 23.8 Å². The lowest BCUT2D eigenvalue weighted by Crippen LogP contribution is -2.26. The molecule has 0 spiro atoms. The first-order chi connectivity index (χ1) is 6.36. The molecule has 0 bridgehead atoms. The molecule has 2 nitrogen and oxygen atoms in total. The standard InChI is InChI=1S/C10H16N2S/c1-3-9(11-2)8-13-10-4-6-12-7-5-10/h4-7,9,11H,3,8H2,1-2H3. The first kappa shape index (κ1) is 10.5. The summed E-state index contributed by atoms with van der Waals surface area (Å²) in [5, 5.41) is 3.29. The molecule has 1 N–H and O–H groups in total. The summed E-state index contributed by atoms with van der Waals surface area (Å²) < 4.78 is 0. The molecule has 0 radical (unpaired) electrons. The Kier molecular flexibility index (Phi) is 4.86. The zero-order valence-corrected chi connectivity index (χ0v) is 8.97. The van der Waals surface area contributed by atoms with Gasteiger partial charge >= 0.3 is 0 Å². The molecule has 1 atom stereocenters. The molecule has 1 heterocycles. The lowest BCUT2D eigenvalue weighted by atomic mass is 10.3. The van der Waals surface area contributed by atoms with E-state index in [9.17, 15) is 0 Å². The zero-order valence-electron chi connectivity index (χ0n) is 8.16. The Labute approximate surface area is 84.1 Å². The van der Waals surface area contributed by atoms with Crippen LogP contribution >= 0.6 is 11.8 Å². The Balaban J connectivity index is 2.34. The maximum absolute atomic E-state index is 3.98. The summed E-state index contributed by atoms with van der Waals surface area (Å²) in [6, 6.07) is 4.71. The highest BCUT2D eigenvalue weighted by Gasteiger charge is 2.02. The monoisotopic (exact) mass is 196 g/mol. The number of pyridine rings is 1. The maximum Gasteiger partial charge on any atom is 0.0278 e. The summed E-state index contributed by atoms with van der Waals surface area (Å²) in [5.74, 6) is 1.12. The summed E-state index contributed by atoms with van der Waals surface area (Å²) in [7, 11) is 2.02. The van der Waals surface area contributed by atoms with E-state index in [4.69, 9.17) is 0 Å². The average Bonchev–Trinajstić information content (AvgIpc) is 2.21. The minimum absolute atomic E-state index is 0.609. The largest absolute Gasteiger partial charge is 0.316 e. The van der Waals surface area contributed by atoms with Gasteiger partial charge < -0.3 is 5.32 Å². The minimum atomic E-state index is 0.609. The fourth-order valence-corrected chi connectivity index (χ4v) is 2.15. The van der Waals surface area contributed by atoms with Crippen LogP contribution in [0.3, 0.4) is 0 Å². The number of nitrogens with zero attached hydrogens (tertiary/aromatic N) is 1.